The molecule has 2 saturated heterocycles. The average Bonchev–Trinajstić information content (AvgIpc) is 3.00. The molecule has 0 saturated carbocycles. The Morgan fingerprint density at radius 3 is 2.32 bits per heavy atom. The first-order valence-corrected chi connectivity index (χ1v) is 10.1. The molecule has 7 heteroatoms. The molecule has 1 unspecified atom stereocenters. The van der Waals surface area contributed by atoms with E-state index in [1.54, 1.807) is 18.2 Å². The van der Waals surface area contributed by atoms with E-state index in [2.05, 4.69) is 21.9 Å². The maximum atomic E-state index is 13.0. The van der Waals surface area contributed by atoms with Crippen molar-refractivity contribution in [3.8, 4) is 0 Å². The Labute approximate surface area is 174 Å². The van der Waals surface area contributed by atoms with Gasteiger partial charge in [-0.3, -0.25) is 19.4 Å². The fourth-order valence-electron chi connectivity index (χ4n) is 3.89. The van der Waals surface area contributed by atoms with E-state index in [1.165, 1.54) is 10.5 Å². The Morgan fingerprint density at radius 2 is 1.61 bits per heavy atom. The third kappa shape index (κ3) is 3.80. The van der Waals surface area contributed by atoms with E-state index >= 15 is 0 Å². The largest absolute Gasteiger partial charge is 0.297 e. The minimum Gasteiger partial charge on any atom is -0.297 e. The Balaban J connectivity index is 1.41. The molecule has 2 aliphatic rings. The molecule has 0 spiro atoms. The number of nitrogens with zero attached hydrogens (tertiary/aromatic N) is 3. The third-order valence-electron chi connectivity index (χ3n) is 5.39. The predicted molar refractivity (Wildman–Crippen MR) is 111 cm³/mol. The highest BCUT2D eigenvalue weighted by atomic mass is 35.5. The summed E-state index contributed by atoms with van der Waals surface area (Å²) in [4.78, 5) is 31.2. The molecule has 2 amide bonds. The Bertz CT molecular complexity index is 882. The van der Waals surface area contributed by atoms with E-state index in [1.807, 2.05) is 18.2 Å². The lowest BCUT2D eigenvalue weighted by molar-refractivity contribution is -0.123. The lowest BCUT2D eigenvalue weighted by atomic mass is 10.1. The number of carbonyl (C=O) groups excluding carboxylic acids is 2. The molecule has 0 bridgehead atoms. The summed E-state index contributed by atoms with van der Waals surface area (Å²) in [6, 6.07) is 14.9. The number of anilines is 1. The molecule has 4 rings (SSSR count). The monoisotopic (exact) mass is 417 g/mol. The lowest BCUT2D eigenvalue weighted by Gasteiger charge is -2.37. The van der Waals surface area contributed by atoms with Gasteiger partial charge >= 0.3 is 0 Å². The molecule has 0 radical (unpaired) electrons. The van der Waals surface area contributed by atoms with E-state index in [-0.39, 0.29) is 23.3 Å². The number of halogens is 2. The van der Waals surface area contributed by atoms with Crippen molar-refractivity contribution in [1.29, 1.82) is 0 Å². The molecule has 2 aliphatic heterocycles. The van der Waals surface area contributed by atoms with Crippen molar-refractivity contribution in [1.82, 2.24) is 9.80 Å². The third-order valence-corrected chi connectivity index (χ3v) is 6.20. The van der Waals surface area contributed by atoms with Gasteiger partial charge in [-0.15, -0.1) is 0 Å². The summed E-state index contributed by atoms with van der Waals surface area (Å²) in [5.41, 5.74) is 1.65. The van der Waals surface area contributed by atoms with E-state index in [0.29, 0.717) is 10.7 Å². The van der Waals surface area contributed by atoms with Gasteiger partial charge < -0.3 is 0 Å². The quantitative estimate of drug-likeness (QED) is 0.714. The molecule has 0 aliphatic carbocycles. The van der Waals surface area contributed by atoms with Crippen LogP contribution in [0.15, 0.2) is 48.5 Å². The minimum atomic E-state index is -0.429. The van der Waals surface area contributed by atoms with Crippen molar-refractivity contribution >= 4 is 40.7 Å². The standard InChI is InChI=1S/C21H21Cl2N3O2/c22-16-7-4-8-17(20(16)23)26-19(27)13-18(21(26)28)25-11-9-24(10-12-25)14-15-5-2-1-3-6-15/h1-8,18H,9-14H2. The van der Waals surface area contributed by atoms with Crippen LogP contribution in [0.5, 0.6) is 0 Å². The summed E-state index contributed by atoms with van der Waals surface area (Å²) >= 11 is 12.3. The van der Waals surface area contributed by atoms with Crippen molar-refractivity contribution < 1.29 is 9.59 Å². The van der Waals surface area contributed by atoms with Gasteiger partial charge in [0.1, 0.15) is 0 Å². The van der Waals surface area contributed by atoms with Gasteiger partial charge in [0.15, 0.2) is 0 Å². The fraction of sp³-hybridized carbons (Fsp3) is 0.333. The van der Waals surface area contributed by atoms with Crippen molar-refractivity contribution in [3.63, 3.8) is 0 Å². The number of piperazine rings is 1. The molecule has 28 heavy (non-hydrogen) atoms. The smallest absolute Gasteiger partial charge is 0.251 e. The summed E-state index contributed by atoms with van der Waals surface area (Å²) < 4.78 is 0. The van der Waals surface area contributed by atoms with Crippen LogP contribution < -0.4 is 4.90 Å². The zero-order valence-corrected chi connectivity index (χ0v) is 16.9. The van der Waals surface area contributed by atoms with Crippen LogP contribution in [0.3, 0.4) is 0 Å². The summed E-state index contributed by atoms with van der Waals surface area (Å²) in [7, 11) is 0. The van der Waals surface area contributed by atoms with E-state index in [4.69, 9.17) is 23.2 Å². The maximum absolute atomic E-state index is 13.0. The van der Waals surface area contributed by atoms with Crippen LogP contribution in [-0.2, 0) is 16.1 Å². The molecule has 1 atom stereocenters. The van der Waals surface area contributed by atoms with Crippen LogP contribution in [-0.4, -0.2) is 53.8 Å². The molecule has 146 valence electrons. The van der Waals surface area contributed by atoms with Gasteiger partial charge in [0.2, 0.25) is 5.91 Å². The fourth-order valence-corrected chi connectivity index (χ4v) is 4.27. The predicted octanol–water partition coefficient (Wildman–Crippen LogP) is 3.44. The van der Waals surface area contributed by atoms with Crippen molar-refractivity contribution in [2.75, 3.05) is 31.1 Å². The van der Waals surface area contributed by atoms with Crippen molar-refractivity contribution in [2.24, 2.45) is 0 Å². The maximum Gasteiger partial charge on any atom is 0.251 e. The van der Waals surface area contributed by atoms with Gasteiger partial charge in [-0.2, -0.15) is 0 Å². The average molecular weight is 418 g/mol. The van der Waals surface area contributed by atoms with Crippen molar-refractivity contribution in [2.45, 2.75) is 19.0 Å². The first kappa shape index (κ1) is 19.4. The van der Waals surface area contributed by atoms with Crippen molar-refractivity contribution in [3.05, 3.63) is 64.1 Å². The van der Waals surface area contributed by atoms with Crippen LogP contribution in [0.25, 0.3) is 0 Å². The highest BCUT2D eigenvalue weighted by molar-refractivity contribution is 6.44. The summed E-state index contributed by atoms with van der Waals surface area (Å²) in [6.45, 7) is 4.15. The molecule has 5 nitrogen and oxygen atoms in total. The van der Waals surface area contributed by atoms with Gasteiger partial charge in [-0.05, 0) is 17.7 Å². The highest BCUT2D eigenvalue weighted by Crippen LogP contribution is 2.36. The number of amides is 2. The van der Waals surface area contributed by atoms with Gasteiger partial charge in [0.05, 0.1) is 28.2 Å². The van der Waals surface area contributed by atoms with Crippen LogP contribution in [0.1, 0.15) is 12.0 Å². The number of benzene rings is 2. The van der Waals surface area contributed by atoms with Crippen LogP contribution in [0.2, 0.25) is 10.0 Å². The van der Waals surface area contributed by atoms with Crippen LogP contribution >= 0.6 is 23.2 Å². The van der Waals surface area contributed by atoms with Gasteiger partial charge in [0.25, 0.3) is 5.91 Å². The Hall–Kier alpha value is -1.92. The Morgan fingerprint density at radius 1 is 0.893 bits per heavy atom. The normalized spacial score (nSPS) is 21.5. The first-order chi connectivity index (χ1) is 13.5. The number of rotatable bonds is 4. The zero-order valence-electron chi connectivity index (χ0n) is 15.4. The molecule has 2 fully saturated rings. The van der Waals surface area contributed by atoms with Gasteiger partial charge in [0, 0.05) is 32.7 Å². The number of hydrogen-bond acceptors (Lipinski definition) is 4. The van der Waals surface area contributed by atoms with Crippen LogP contribution in [0, 0.1) is 0 Å². The van der Waals surface area contributed by atoms with E-state index < -0.39 is 6.04 Å². The number of hydrogen-bond donors (Lipinski definition) is 0. The molecule has 0 aromatic heterocycles. The number of carbonyl (C=O) groups is 2. The summed E-state index contributed by atoms with van der Waals surface area (Å²) in [6.07, 6.45) is 0.181. The number of imide groups is 1. The lowest BCUT2D eigenvalue weighted by Crippen LogP contribution is -2.52. The van der Waals surface area contributed by atoms with Gasteiger partial charge in [-0.25, -0.2) is 4.90 Å². The van der Waals surface area contributed by atoms with Gasteiger partial charge in [-0.1, -0.05) is 59.6 Å². The SMILES string of the molecule is O=C1CC(N2CCN(Cc3ccccc3)CC2)C(=O)N1c1cccc(Cl)c1Cl. The minimum absolute atomic E-state index is 0.181. The second kappa shape index (κ2) is 8.21. The molecule has 2 heterocycles. The first-order valence-electron chi connectivity index (χ1n) is 9.36. The topological polar surface area (TPSA) is 43.9 Å². The summed E-state index contributed by atoms with van der Waals surface area (Å²) in [5.74, 6) is -0.448. The second-order valence-electron chi connectivity index (χ2n) is 7.16. The van der Waals surface area contributed by atoms with Crippen LogP contribution in [0.4, 0.5) is 5.69 Å². The second-order valence-corrected chi connectivity index (χ2v) is 7.94. The zero-order chi connectivity index (χ0) is 19.7. The van der Waals surface area contributed by atoms with E-state index in [9.17, 15) is 9.59 Å². The molecule has 2 aromatic rings. The molecular formula is C21H21Cl2N3O2. The Kier molecular flexibility index (Phi) is 5.69. The molecule has 2 aromatic carbocycles. The highest BCUT2D eigenvalue weighted by Gasteiger charge is 2.44. The molecular weight excluding hydrogens is 397 g/mol. The van der Waals surface area contributed by atoms with E-state index in [0.717, 1.165) is 32.7 Å². The molecule has 0 N–H and O–H groups in total. The summed E-state index contributed by atoms with van der Waals surface area (Å²) in [5, 5.41) is 0.567.